The molecular formula is C14H20N2O3. The van der Waals surface area contributed by atoms with E-state index in [1.54, 1.807) is 6.07 Å². The molecule has 0 saturated heterocycles. The van der Waals surface area contributed by atoms with Crippen molar-refractivity contribution in [2.75, 3.05) is 5.32 Å². The minimum Gasteiger partial charge on any atom is -0.481 e. The second kappa shape index (κ2) is 7.41. The maximum Gasteiger partial charge on any atom is 0.319 e. The molecule has 1 aromatic carbocycles. The smallest absolute Gasteiger partial charge is 0.319 e. The van der Waals surface area contributed by atoms with Crippen molar-refractivity contribution in [2.24, 2.45) is 0 Å². The van der Waals surface area contributed by atoms with E-state index in [2.05, 4.69) is 10.6 Å². The van der Waals surface area contributed by atoms with Crippen molar-refractivity contribution < 1.29 is 14.7 Å². The van der Waals surface area contributed by atoms with Crippen LogP contribution in [0.15, 0.2) is 24.3 Å². The summed E-state index contributed by atoms with van der Waals surface area (Å²) in [4.78, 5) is 22.5. The van der Waals surface area contributed by atoms with Crippen LogP contribution in [0, 0.1) is 6.92 Å². The largest absolute Gasteiger partial charge is 0.481 e. The van der Waals surface area contributed by atoms with E-state index in [0.717, 1.165) is 17.7 Å². The second-order valence-corrected chi connectivity index (χ2v) is 4.50. The lowest BCUT2D eigenvalue weighted by Gasteiger charge is -2.17. The number of nitrogens with one attached hydrogen (secondary N) is 2. The monoisotopic (exact) mass is 264 g/mol. The van der Waals surface area contributed by atoms with Gasteiger partial charge in [-0.15, -0.1) is 0 Å². The molecule has 0 aliphatic rings. The first kappa shape index (κ1) is 15.0. The molecule has 19 heavy (non-hydrogen) atoms. The van der Waals surface area contributed by atoms with Gasteiger partial charge in [0, 0.05) is 11.7 Å². The molecular weight excluding hydrogens is 244 g/mol. The molecule has 0 spiro atoms. The number of carboxylic acids is 1. The average molecular weight is 264 g/mol. The highest BCUT2D eigenvalue weighted by molar-refractivity contribution is 5.90. The van der Waals surface area contributed by atoms with Crippen LogP contribution in [-0.4, -0.2) is 23.1 Å². The molecule has 0 aliphatic carbocycles. The Morgan fingerprint density at radius 3 is 2.58 bits per heavy atom. The normalized spacial score (nSPS) is 11.7. The van der Waals surface area contributed by atoms with Crippen molar-refractivity contribution in [2.45, 2.75) is 39.2 Å². The Morgan fingerprint density at radius 2 is 2.00 bits per heavy atom. The summed E-state index contributed by atoms with van der Waals surface area (Å²) in [7, 11) is 0. The minimum absolute atomic E-state index is 0.0605. The molecule has 5 heteroatoms. The van der Waals surface area contributed by atoms with E-state index in [0.29, 0.717) is 6.42 Å². The fourth-order valence-electron chi connectivity index (χ4n) is 1.84. The summed E-state index contributed by atoms with van der Waals surface area (Å²) in [6.45, 7) is 3.85. The van der Waals surface area contributed by atoms with Crippen LogP contribution in [0.5, 0.6) is 0 Å². The van der Waals surface area contributed by atoms with E-state index in [9.17, 15) is 9.59 Å². The van der Waals surface area contributed by atoms with Gasteiger partial charge in [0.1, 0.15) is 0 Å². The first-order valence-corrected chi connectivity index (χ1v) is 6.38. The van der Waals surface area contributed by atoms with Crippen LogP contribution in [0.3, 0.4) is 0 Å². The molecule has 1 aromatic rings. The highest BCUT2D eigenvalue weighted by atomic mass is 16.4. The minimum atomic E-state index is -0.908. The van der Waals surface area contributed by atoms with Crippen LogP contribution in [0.4, 0.5) is 10.5 Å². The summed E-state index contributed by atoms with van der Waals surface area (Å²) in [6.07, 6.45) is 1.41. The first-order valence-electron chi connectivity index (χ1n) is 6.38. The fourth-order valence-corrected chi connectivity index (χ4v) is 1.84. The molecule has 5 nitrogen and oxygen atoms in total. The van der Waals surface area contributed by atoms with E-state index in [-0.39, 0.29) is 18.5 Å². The van der Waals surface area contributed by atoms with Gasteiger partial charge in [-0.3, -0.25) is 4.79 Å². The Hall–Kier alpha value is -2.04. The van der Waals surface area contributed by atoms with E-state index >= 15 is 0 Å². The van der Waals surface area contributed by atoms with E-state index in [4.69, 9.17) is 5.11 Å². The van der Waals surface area contributed by atoms with E-state index < -0.39 is 5.97 Å². The number of aryl methyl sites for hydroxylation is 1. The first-order chi connectivity index (χ1) is 9.02. The van der Waals surface area contributed by atoms with Crippen LogP contribution in [0.25, 0.3) is 0 Å². The lowest BCUT2D eigenvalue weighted by Crippen LogP contribution is -2.39. The van der Waals surface area contributed by atoms with Gasteiger partial charge in [0.2, 0.25) is 0 Å². The zero-order valence-electron chi connectivity index (χ0n) is 11.3. The Morgan fingerprint density at radius 1 is 1.32 bits per heavy atom. The summed E-state index contributed by atoms with van der Waals surface area (Å²) in [6, 6.07) is 6.73. The van der Waals surface area contributed by atoms with Crippen molar-refractivity contribution in [1.82, 2.24) is 5.32 Å². The van der Waals surface area contributed by atoms with Gasteiger partial charge in [-0.1, -0.05) is 31.5 Å². The number of para-hydroxylation sites is 1. The zero-order chi connectivity index (χ0) is 14.3. The topological polar surface area (TPSA) is 78.4 Å². The highest BCUT2D eigenvalue weighted by Crippen LogP contribution is 2.13. The Kier molecular flexibility index (Phi) is 5.85. The summed E-state index contributed by atoms with van der Waals surface area (Å²) in [5, 5.41) is 14.2. The van der Waals surface area contributed by atoms with Crippen molar-refractivity contribution in [3.8, 4) is 0 Å². The predicted octanol–water partition coefficient (Wildman–Crippen LogP) is 2.76. The molecule has 0 saturated carbocycles. The predicted molar refractivity (Wildman–Crippen MR) is 74.3 cm³/mol. The molecule has 2 amide bonds. The molecule has 104 valence electrons. The third-order valence-corrected chi connectivity index (χ3v) is 2.79. The van der Waals surface area contributed by atoms with Crippen molar-refractivity contribution in [3.63, 3.8) is 0 Å². The Balaban J connectivity index is 2.57. The number of carbonyl (C=O) groups excluding carboxylic acids is 1. The van der Waals surface area contributed by atoms with Crippen molar-refractivity contribution in [1.29, 1.82) is 0 Å². The van der Waals surface area contributed by atoms with Crippen molar-refractivity contribution >= 4 is 17.7 Å². The zero-order valence-corrected chi connectivity index (χ0v) is 11.3. The van der Waals surface area contributed by atoms with Crippen molar-refractivity contribution in [3.05, 3.63) is 29.8 Å². The second-order valence-electron chi connectivity index (χ2n) is 4.50. The fraction of sp³-hybridized carbons (Fsp3) is 0.429. The van der Waals surface area contributed by atoms with E-state index in [1.807, 2.05) is 32.0 Å². The molecule has 0 aromatic heterocycles. The number of benzene rings is 1. The number of anilines is 1. The Bertz CT molecular complexity index is 446. The molecule has 0 bridgehead atoms. The average Bonchev–Trinajstić information content (AvgIpc) is 2.31. The number of carbonyl (C=O) groups is 2. The standard InChI is InChI=1S/C14H20N2O3/c1-3-6-11(9-13(17)18)15-14(19)16-12-8-5-4-7-10(12)2/h4-5,7-8,11H,3,6,9H2,1-2H3,(H,17,18)(H2,15,16,19). The van der Waals surface area contributed by atoms with Gasteiger partial charge in [-0.2, -0.15) is 0 Å². The summed E-state index contributed by atoms with van der Waals surface area (Å²) in [5.74, 6) is -0.908. The molecule has 0 fully saturated rings. The van der Waals surface area contributed by atoms with Crippen LogP contribution in [0.1, 0.15) is 31.7 Å². The molecule has 1 unspecified atom stereocenters. The molecule has 0 radical (unpaired) electrons. The van der Waals surface area contributed by atoms with Crippen LogP contribution >= 0.6 is 0 Å². The van der Waals surface area contributed by atoms with Gasteiger partial charge in [0.05, 0.1) is 6.42 Å². The summed E-state index contributed by atoms with van der Waals surface area (Å²) in [5.41, 5.74) is 1.69. The van der Waals surface area contributed by atoms with Gasteiger partial charge < -0.3 is 15.7 Å². The van der Waals surface area contributed by atoms with Gasteiger partial charge in [0.15, 0.2) is 0 Å². The van der Waals surface area contributed by atoms with E-state index in [1.165, 1.54) is 0 Å². The quantitative estimate of drug-likeness (QED) is 0.739. The number of hydrogen-bond acceptors (Lipinski definition) is 2. The summed E-state index contributed by atoms with van der Waals surface area (Å²) < 4.78 is 0. The third-order valence-electron chi connectivity index (χ3n) is 2.79. The number of urea groups is 1. The lowest BCUT2D eigenvalue weighted by molar-refractivity contribution is -0.137. The molecule has 3 N–H and O–H groups in total. The van der Waals surface area contributed by atoms with Crippen LogP contribution < -0.4 is 10.6 Å². The highest BCUT2D eigenvalue weighted by Gasteiger charge is 2.15. The number of hydrogen-bond donors (Lipinski definition) is 3. The van der Waals surface area contributed by atoms with Gasteiger partial charge in [-0.25, -0.2) is 4.79 Å². The number of amides is 2. The van der Waals surface area contributed by atoms with Gasteiger partial charge in [0.25, 0.3) is 0 Å². The van der Waals surface area contributed by atoms with Crippen LogP contribution in [0.2, 0.25) is 0 Å². The molecule has 0 aliphatic heterocycles. The maximum atomic E-state index is 11.8. The van der Waals surface area contributed by atoms with Crippen LogP contribution in [-0.2, 0) is 4.79 Å². The Labute approximate surface area is 113 Å². The van der Waals surface area contributed by atoms with Gasteiger partial charge in [-0.05, 0) is 25.0 Å². The molecule has 1 rings (SSSR count). The van der Waals surface area contributed by atoms with Gasteiger partial charge >= 0.3 is 12.0 Å². The third kappa shape index (κ3) is 5.42. The summed E-state index contributed by atoms with van der Waals surface area (Å²) >= 11 is 0. The number of aliphatic carboxylic acids is 1. The number of carboxylic acid groups (broad SMARTS) is 1. The molecule has 0 heterocycles. The lowest BCUT2D eigenvalue weighted by atomic mass is 10.1. The number of rotatable bonds is 6. The maximum absolute atomic E-state index is 11.8. The SMILES string of the molecule is CCCC(CC(=O)O)NC(=O)Nc1ccccc1C. The molecule has 1 atom stereocenters.